The fraction of sp³-hybridized carbons (Fsp3) is 0.522. The first kappa shape index (κ1) is 23.3. The summed E-state index contributed by atoms with van der Waals surface area (Å²) in [4.78, 5) is 35.5. The molecule has 1 heterocycles. The first-order valence-electron chi connectivity index (χ1n) is 10.7. The molecule has 0 spiro atoms. The maximum Gasteiger partial charge on any atom is 0.410 e. The second-order valence-corrected chi connectivity index (χ2v) is 8.72. The summed E-state index contributed by atoms with van der Waals surface area (Å²) in [5.74, 6) is -1.52. The van der Waals surface area contributed by atoms with Gasteiger partial charge in [-0.15, -0.1) is 0 Å². The van der Waals surface area contributed by atoms with Gasteiger partial charge in [0.2, 0.25) is 0 Å². The van der Waals surface area contributed by atoms with Crippen LogP contribution in [0.3, 0.4) is 0 Å². The number of para-hydroxylation sites is 2. The Bertz CT molecular complexity index is 1020. The van der Waals surface area contributed by atoms with E-state index in [2.05, 4.69) is 15.3 Å². The van der Waals surface area contributed by atoms with Crippen LogP contribution >= 0.6 is 0 Å². The number of nitrogens with one attached hydrogen (secondary N) is 1. The molecule has 1 amide bonds. The third-order valence-electron chi connectivity index (χ3n) is 4.92. The highest BCUT2D eigenvalue weighted by molar-refractivity contribution is 5.84. The number of esters is 1. The Balaban J connectivity index is 1.72. The van der Waals surface area contributed by atoms with Crippen molar-refractivity contribution in [2.45, 2.75) is 57.6 Å². The number of ether oxygens (including phenoxy) is 2. The van der Waals surface area contributed by atoms with Crippen LogP contribution in [0.2, 0.25) is 0 Å². The zero-order valence-electron chi connectivity index (χ0n) is 18.9. The van der Waals surface area contributed by atoms with Gasteiger partial charge in [0.25, 0.3) is 0 Å². The van der Waals surface area contributed by atoms with Crippen LogP contribution in [0.4, 0.5) is 10.6 Å². The molecule has 0 aliphatic heterocycles. The Hall–Kier alpha value is -3.41. The molecule has 0 unspecified atom stereocenters. The van der Waals surface area contributed by atoms with Crippen molar-refractivity contribution in [2.75, 3.05) is 25.5 Å². The second kappa shape index (κ2) is 9.81. The summed E-state index contributed by atoms with van der Waals surface area (Å²) in [7, 11) is 1.23. The summed E-state index contributed by atoms with van der Waals surface area (Å²) in [6, 6.07) is 9.43. The van der Waals surface area contributed by atoms with Crippen LogP contribution in [-0.4, -0.2) is 58.8 Å². The molecule has 1 N–H and O–H groups in total. The summed E-state index contributed by atoms with van der Waals surface area (Å²) >= 11 is 0. The maximum absolute atomic E-state index is 12.5. The molecule has 0 radical (unpaired) electrons. The van der Waals surface area contributed by atoms with Crippen LogP contribution in [0.15, 0.2) is 24.3 Å². The lowest BCUT2D eigenvalue weighted by Crippen LogP contribution is -2.39. The van der Waals surface area contributed by atoms with Crippen molar-refractivity contribution in [1.82, 2.24) is 14.9 Å². The Morgan fingerprint density at radius 2 is 1.91 bits per heavy atom. The zero-order chi connectivity index (χ0) is 23.3. The molecule has 1 aliphatic rings. The van der Waals surface area contributed by atoms with Gasteiger partial charge in [-0.1, -0.05) is 12.1 Å². The third kappa shape index (κ3) is 5.84. The van der Waals surface area contributed by atoms with E-state index in [0.29, 0.717) is 36.4 Å². The molecule has 1 aliphatic carbocycles. The van der Waals surface area contributed by atoms with Gasteiger partial charge >= 0.3 is 12.1 Å². The number of aromatic nitrogens is 2. The van der Waals surface area contributed by atoms with E-state index in [1.807, 2.05) is 45.0 Å². The number of amides is 1. The average Bonchev–Trinajstić information content (AvgIpc) is 3.57. The number of fused-ring (bicyclic) bond motifs is 1. The highest BCUT2D eigenvalue weighted by atomic mass is 16.6. The van der Waals surface area contributed by atoms with Gasteiger partial charge < -0.3 is 19.7 Å². The Morgan fingerprint density at radius 1 is 1.25 bits per heavy atom. The number of benzene rings is 1. The van der Waals surface area contributed by atoms with E-state index in [1.165, 1.54) is 7.11 Å². The van der Waals surface area contributed by atoms with Crippen molar-refractivity contribution in [3.63, 3.8) is 0 Å². The van der Waals surface area contributed by atoms with Crippen LogP contribution < -0.4 is 5.32 Å². The highest BCUT2D eigenvalue weighted by Crippen LogP contribution is 2.29. The quantitative estimate of drug-likeness (QED) is 0.490. The standard InChI is InChI=1S/C23H29N5O4/c1-23(2,3)32-22(30)28(15-10-11-15)13-7-12-25-20-19(16(14-24)21(29)31-4)26-17-8-5-6-9-18(17)27-20/h5-6,8-9,15-16H,7,10-13H2,1-4H3,(H,25,27)/t16-/m0/s1. The molecule has 2 aromatic rings. The molecule has 1 atom stereocenters. The molecule has 1 saturated carbocycles. The van der Waals surface area contributed by atoms with E-state index in [0.717, 1.165) is 12.8 Å². The molecular formula is C23H29N5O4. The number of carbonyl (C=O) groups excluding carboxylic acids is 2. The number of nitrogens with zero attached hydrogens (tertiary/aromatic N) is 4. The van der Waals surface area contributed by atoms with Gasteiger partial charge in [0, 0.05) is 19.1 Å². The van der Waals surface area contributed by atoms with Gasteiger partial charge in [-0.05, 0) is 52.2 Å². The SMILES string of the molecule is COC(=O)[C@@H](C#N)c1nc2ccccc2nc1NCCCN(C(=O)OC(C)(C)C)C1CC1. The molecule has 1 aromatic carbocycles. The first-order valence-corrected chi connectivity index (χ1v) is 10.7. The van der Waals surface area contributed by atoms with Crippen molar-refractivity contribution in [1.29, 1.82) is 5.26 Å². The van der Waals surface area contributed by atoms with Crippen molar-refractivity contribution in [3.05, 3.63) is 30.0 Å². The fourth-order valence-electron chi connectivity index (χ4n) is 3.27. The monoisotopic (exact) mass is 439 g/mol. The predicted octanol–water partition coefficient (Wildman–Crippen LogP) is 3.61. The summed E-state index contributed by atoms with van der Waals surface area (Å²) in [6.45, 7) is 6.56. The second-order valence-electron chi connectivity index (χ2n) is 8.72. The molecule has 0 saturated heterocycles. The van der Waals surface area contributed by atoms with E-state index >= 15 is 0 Å². The van der Waals surface area contributed by atoms with E-state index < -0.39 is 17.5 Å². The van der Waals surface area contributed by atoms with Crippen LogP contribution in [0.25, 0.3) is 11.0 Å². The minimum Gasteiger partial charge on any atom is -0.468 e. The minimum absolute atomic E-state index is 0.225. The topological polar surface area (TPSA) is 117 Å². The molecule has 9 heteroatoms. The van der Waals surface area contributed by atoms with Gasteiger partial charge in [-0.3, -0.25) is 4.79 Å². The molecule has 170 valence electrons. The number of nitriles is 1. The molecular weight excluding hydrogens is 410 g/mol. The van der Waals surface area contributed by atoms with Crippen LogP contribution in [0.5, 0.6) is 0 Å². The van der Waals surface area contributed by atoms with E-state index in [-0.39, 0.29) is 17.8 Å². The van der Waals surface area contributed by atoms with Crippen molar-refractivity contribution >= 4 is 28.9 Å². The molecule has 0 bridgehead atoms. The average molecular weight is 440 g/mol. The Labute approximate surface area is 187 Å². The number of methoxy groups -OCH3 is 1. The summed E-state index contributed by atoms with van der Waals surface area (Å²) in [5.41, 5.74) is 0.915. The lowest BCUT2D eigenvalue weighted by Gasteiger charge is -2.27. The van der Waals surface area contributed by atoms with Crippen LogP contribution in [0, 0.1) is 11.3 Å². The van der Waals surface area contributed by atoms with E-state index in [4.69, 9.17) is 9.47 Å². The first-order chi connectivity index (χ1) is 15.2. The summed E-state index contributed by atoms with van der Waals surface area (Å²) < 4.78 is 10.3. The number of hydrogen-bond acceptors (Lipinski definition) is 8. The fourth-order valence-corrected chi connectivity index (χ4v) is 3.27. The van der Waals surface area contributed by atoms with Crippen LogP contribution in [-0.2, 0) is 14.3 Å². The molecule has 32 heavy (non-hydrogen) atoms. The van der Waals surface area contributed by atoms with Gasteiger partial charge in [0.15, 0.2) is 11.7 Å². The van der Waals surface area contributed by atoms with Crippen molar-refractivity contribution < 1.29 is 19.1 Å². The lowest BCUT2D eigenvalue weighted by atomic mass is 10.1. The Kier molecular flexibility index (Phi) is 7.13. The number of anilines is 1. The lowest BCUT2D eigenvalue weighted by molar-refractivity contribution is -0.141. The third-order valence-corrected chi connectivity index (χ3v) is 4.92. The van der Waals surface area contributed by atoms with E-state index in [1.54, 1.807) is 11.0 Å². The van der Waals surface area contributed by atoms with Gasteiger partial charge in [-0.2, -0.15) is 5.26 Å². The predicted molar refractivity (Wildman–Crippen MR) is 119 cm³/mol. The minimum atomic E-state index is -1.19. The summed E-state index contributed by atoms with van der Waals surface area (Å²) in [6.07, 6.45) is 2.30. The van der Waals surface area contributed by atoms with Gasteiger partial charge in [0.1, 0.15) is 11.3 Å². The maximum atomic E-state index is 12.5. The molecule has 9 nitrogen and oxygen atoms in total. The molecule has 1 aromatic heterocycles. The highest BCUT2D eigenvalue weighted by Gasteiger charge is 2.35. The van der Waals surface area contributed by atoms with E-state index in [9.17, 15) is 14.9 Å². The smallest absolute Gasteiger partial charge is 0.410 e. The van der Waals surface area contributed by atoms with Crippen LogP contribution in [0.1, 0.15) is 51.6 Å². The summed E-state index contributed by atoms with van der Waals surface area (Å²) in [5, 5.41) is 12.7. The van der Waals surface area contributed by atoms with Crippen molar-refractivity contribution in [3.8, 4) is 6.07 Å². The number of carbonyl (C=O) groups is 2. The number of hydrogen-bond donors (Lipinski definition) is 1. The number of rotatable bonds is 8. The Morgan fingerprint density at radius 3 is 2.47 bits per heavy atom. The molecule has 3 rings (SSSR count). The largest absolute Gasteiger partial charge is 0.468 e. The zero-order valence-corrected chi connectivity index (χ0v) is 18.9. The van der Waals surface area contributed by atoms with Crippen molar-refractivity contribution in [2.24, 2.45) is 0 Å². The molecule has 1 fully saturated rings. The van der Waals surface area contributed by atoms with Gasteiger partial charge in [0.05, 0.1) is 24.2 Å². The van der Waals surface area contributed by atoms with Gasteiger partial charge in [-0.25, -0.2) is 14.8 Å². The normalized spacial score (nSPS) is 14.3.